The van der Waals surface area contributed by atoms with Gasteiger partial charge in [0.2, 0.25) is 0 Å². The minimum atomic E-state index is 0.344. The fourth-order valence-electron chi connectivity index (χ4n) is 4.37. The summed E-state index contributed by atoms with van der Waals surface area (Å²) < 4.78 is 0.911. The van der Waals surface area contributed by atoms with Gasteiger partial charge < -0.3 is 4.48 Å². The van der Waals surface area contributed by atoms with Gasteiger partial charge in [0.15, 0.2) is 5.78 Å². The Kier molecular flexibility index (Phi) is 6.16. The van der Waals surface area contributed by atoms with Crippen LogP contribution in [0.25, 0.3) is 0 Å². The van der Waals surface area contributed by atoms with Crippen molar-refractivity contribution >= 4 is 17.4 Å². The molecule has 1 aliphatic heterocycles. The van der Waals surface area contributed by atoms with Crippen LogP contribution in [0, 0.1) is 13.8 Å². The molecule has 0 atom stereocenters. The molecule has 0 bridgehead atoms. The zero-order chi connectivity index (χ0) is 18.6. The van der Waals surface area contributed by atoms with Crippen molar-refractivity contribution in [2.75, 3.05) is 19.6 Å². The molecule has 0 N–H and O–H groups in total. The number of hydrogen-bond donors (Lipinski definition) is 0. The summed E-state index contributed by atoms with van der Waals surface area (Å²) in [5.41, 5.74) is 4.73. The lowest BCUT2D eigenvalue weighted by Gasteiger charge is -2.41. The number of rotatable bonds is 6. The molecule has 0 saturated carbocycles. The van der Waals surface area contributed by atoms with Gasteiger partial charge in [-0.05, 0) is 61.9 Å². The second-order valence-electron chi connectivity index (χ2n) is 7.88. The Balaban J connectivity index is 1.76. The zero-order valence-corrected chi connectivity index (χ0v) is 16.7. The molecular formula is C23H29ClNO+. The Morgan fingerprint density at radius 2 is 1.62 bits per heavy atom. The van der Waals surface area contributed by atoms with Crippen molar-refractivity contribution in [2.45, 2.75) is 46.1 Å². The van der Waals surface area contributed by atoms with Crippen molar-refractivity contribution in [2.24, 2.45) is 0 Å². The number of aryl methyl sites for hydroxylation is 2. The third-order valence-corrected chi connectivity index (χ3v) is 5.89. The van der Waals surface area contributed by atoms with E-state index in [2.05, 4.69) is 44.2 Å². The Hall–Kier alpha value is -1.64. The molecule has 3 rings (SSSR count). The SMILES string of the molecule is Cc1cc(Cl)cc(C)c1CC(=O)C[N+]1(Cc2ccccc2)CCCCC1. The smallest absolute Gasteiger partial charge is 0.191 e. The van der Waals surface area contributed by atoms with E-state index in [9.17, 15) is 4.79 Å². The van der Waals surface area contributed by atoms with Crippen molar-refractivity contribution in [1.82, 2.24) is 0 Å². The van der Waals surface area contributed by atoms with Crippen molar-refractivity contribution < 1.29 is 9.28 Å². The van der Waals surface area contributed by atoms with Gasteiger partial charge in [0, 0.05) is 17.0 Å². The summed E-state index contributed by atoms with van der Waals surface area (Å²) in [6.07, 6.45) is 4.25. The monoisotopic (exact) mass is 370 g/mol. The van der Waals surface area contributed by atoms with Crippen LogP contribution < -0.4 is 0 Å². The first-order valence-electron chi connectivity index (χ1n) is 9.64. The summed E-state index contributed by atoms with van der Waals surface area (Å²) in [6.45, 7) is 7.92. The van der Waals surface area contributed by atoms with Gasteiger partial charge in [0.1, 0.15) is 13.1 Å². The zero-order valence-electron chi connectivity index (χ0n) is 15.9. The van der Waals surface area contributed by atoms with Crippen LogP contribution in [-0.4, -0.2) is 29.9 Å². The Bertz CT molecular complexity index is 740. The summed E-state index contributed by atoms with van der Waals surface area (Å²) in [7, 11) is 0. The molecule has 0 aromatic heterocycles. The largest absolute Gasteiger partial charge is 0.314 e. The van der Waals surface area contributed by atoms with Crippen molar-refractivity contribution in [1.29, 1.82) is 0 Å². The van der Waals surface area contributed by atoms with E-state index in [1.54, 1.807) is 0 Å². The number of carbonyl (C=O) groups is 1. The molecular weight excluding hydrogens is 342 g/mol. The lowest BCUT2D eigenvalue weighted by molar-refractivity contribution is -0.937. The standard InChI is InChI=1S/C23H29ClNO/c1-18-13-21(24)14-19(2)23(18)15-22(26)17-25(11-7-4-8-12-25)16-20-9-5-3-6-10-20/h3,5-6,9-10,13-14H,4,7-8,11-12,15-17H2,1-2H3/q+1. The highest BCUT2D eigenvalue weighted by Crippen LogP contribution is 2.25. The van der Waals surface area contributed by atoms with Gasteiger partial charge in [-0.25, -0.2) is 0 Å². The van der Waals surface area contributed by atoms with Crippen LogP contribution in [0.15, 0.2) is 42.5 Å². The molecule has 1 aliphatic rings. The number of ketones is 1. The Morgan fingerprint density at radius 3 is 2.23 bits per heavy atom. The molecule has 2 nitrogen and oxygen atoms in total. The highest BCUT2D eigenvalue weighted by molar-refractivity contribution is 6.30. The fraction of sp³-hybridized carbons (Fsp3) is 0.435. The second-order valence-corrected chi connectivity index (χ2v) is 8.32. The molecule has 0 aliphatic carbocycles. The van der Waals surface area contributed by atoms with Gasteiger partial charge in [0.25, 0.3) is 0 Å². The third-order valence-electron chi connectivity index (χ3n) is 5.67. The Labute approximate surface area is 162 Å². The van der Waals surface area contributed by atoms with E-state index in [4.69, 9.17) is 11.6 Å². The minimum Gasteiger partial charge on any atom is -0.314 e. The normalized spacial score (nSPS) is 16.4. The third kappa shape index (κ3) is 4.75. The van der Waals surface area contributed by atoms with E-state index in [-0.39, 0.29) is 0 Å². The molecule has 3 heteroatoms. The van der Waals surface area contributed by atoms with Crippen molar-refractivity contribution in [3.63, 3.8) is 0 Å². The first-order valence-corrected chi connectivity index (χ1v) is 10.0. The lowest BCUT2D eigenvalue weighted by Crippen LogP contribution is -2.53. The second kappa shape index (κ2) is 8.37. The maximum atomic E-state index is 13.0. The molecule has 138 valence electrons. The van der Waals surface area contributed by atoms with E-state index in [0.717, 1.165) is 45.8 Å². The maximum Gasteiger partial charge on any atom is 0.191 e. The molecule has 26 heavy (non-hydrogen) atoms. The number of piperidine rings is 1. The van der Waals surface area contributed by atoms with Gasteiger partial charge in [-0.2, -0.15) is 0 Å². The van der Waals surface area contributed by atoms with Gasteiger partial charge in [-0.3, -0.25) is 4.79 Å². The van der Waals surface area contributed by atoms with Gasteiger partial charge >= 0.3 is 0 Å². The lowest BCUT2D eigenvalue weighted by atomic mass is 9.96. The highest BCUT2D eigenvalue weighted by atomic mass is 35.5. The predicted molar refractivity (Wildman–Crippen MR) is 108 cm³/mol. The molecule has 0 spiro atoms. The van der Waals surface area contributed by atoms with Gasteiger partial charge in [-0.1, -0.05) is 41.9 Å². The van der Waals surface area contributed by atoms with E-state index in [1.165, 1.54) is 24.8 Å². The average molecular weight is 371 g/mol. The van der Waals surface area contributed by atoms with Crippen LogP contribution in [0.4, 0.5) is 0 Å². The molecule has 0 amide bonds. The van der Waals surface area contributed by atoms with Crippen LogP contribution in [0.3, 0.4) is 0 Å². The van der Waals surface area contributed by atoms with Crippen molar-refractivity contribution in [3.8, 4) is 0 Å². The highest BCUT2D eigenvalue weighted by Gasteiger charge is 2.32. The quantitative estimate of drug-likeness (QED) is 0.633. The van der Waals surface area contributed by atoms with E-state index >= 15 is 0 Å². The number of halogens is 1. The van der Waals surface area contributed by atoms with Gasteiger partial charge in [-0.15, -0.1) is 0 Å². The number of quaternary nitrogens is 1. The van der Waals surface area contributed by atoms with Crippen LogP contribution in [0.1, 0.15) is 41.5 Å². The molecule has 0 radical (unpaired) electrons. The van der Waals surface area contributed by atoms with Crippen LogP contribution in [-0.2, 0) is 17.8 Å². The number of Topliss-reactive ketones (excluding diaryl/α,β-unsaturated/α-hetero) is 1. The Morgan fingerprint density at radius 1 is 1.00 bits per heavy atom. The van der Waals surface area contributed by atoms with Crippen LogP contribution >= 0.6 is 11.6 Å². The summed E-state index contributed by atoms with van der Waals surface area (Å²) in [4.78, 5) is 13.0. The summed E-state index contributed by atoms with van der Waals surface area (Å²) >= 11 is 6.14. The number of benzene rings is 2. The minimum absolute atomic E-state index is 0.344. The topological polar surface area (TPSA) is 17.1 Å². The maximum absolute atomic E-state index is 13.0. The van der Waals surface area contributed by atoms with E-state index < -0.39 is 0 Å². The van der Waals surface area contributed by atoms with Gasteiger partial charge in [0.05, 0.1) is 13.1 Å². The molecule has 1 heterocycles. The summed E-state index contributed by atoms with van der Waals surface area (Å²) in [5, 5.41) is 0.750. The number of hydrogen-bond acceptors (Lipinski definition) is 1. The predicted octanol–water partition coefficient (Wildman–Crippen LogP) is 5.27. The first kappa shape index (κ1) is 19.1. The summed E-state index contributed by atoms with van der Waals surface area (Å²) in [5.74, 6) is 0.344. The molecule has 1 saturated heterocycles. The number of likely N-dealkylation sites (tertiary alicyclic amines) is 1. The average Bonchev–Trinajstić information content (AvgIpc) is 2.59. The van der Waals surface area contributed by atoms with E-state index in [1.807, 2.05) is 12.1 Å². The van der Waals surface area contributed by atoms with Crippen LogP contribution in [0.5, 0.6) is 0 Å². The van der Waals surface area contributed by atoms with E-state index in [0.29, 0.717) is 18.7 Å². The first-order chi connectivity index (χ1) is 12.5. The molecule has 2 aromatic carbocycles. The molecule has 2 aromatic rings. The molecule has 0 unspecified atom stereocenters. The van der Waals surface area contributed by atoms with Crippen molar-refractivity contribution in [3.05, 3.63) is 69.7 Å². The number of carbonyl (C=O) groups excluding carboxylic acids is 1. The molecule has 1 fully saturated rings. The summed E-state index contributed by atoms with van der Waals surface area (Å²) in [6, 6.07) is 14.6. The van der Waals surface area contributed by atoms with Crippen LogP contribution in [0.2, 0.25) is 5.02 Å². The fourth-order valence-corrected chi connectivity index (χ4v) is 4.70. The number of nitrogens with zero attached hydrogens (tertiary/aromatic N) is 1.